The molecule has 184 valence electrons. The van der Waals surface area contributed by atoms with Gasteiger partial charge in [-0.15, -0.1) is 11.3 Å². The highest BCUT2D eigenvalue weighted by Crippen LogP contribution is 2.35. The van der Waals surface area contributed by atoms with Crippen LogP contribution in [0.15, 0.2) is 150 Å². The van der Waals surface area contributed by atoms with Crippen molar-refractivity contribution in [3.05, 3.63) is 156 Å². The molecule has 2 heteroatoms. The molecule has 0 amide bonds. The Morgan fingerprint density at radius 2 is 0.795 bits per heavy atom. The molecule has 0 radical (unpaired) electrons. The zero-order chi connectivity index (χ0) is 26.2. The quantitative estimate of drug-likeness (QED) is 0.213. The van der Waals surface area contributed by atoms with Gasteiger partial charge in [0.2, 0.25) is 0 Å². The van der Waals surface area contributed by atoms with Crippen LogP contribution in [-0.4, -0.2) is 0 Å². The predicted octanol–water partition coefficient (Wildman–Crippen LogP) is 10.1. The van der Waals surface area contributed by atoms with Gasteiger partial charge >= 0.3 is 0 Å². The van der Waals surface area contributed by atoms with Crippen LogP contribution >= 0.6 is 11.3 Å². The first-order chi connectivity index (χ1) is 19.2. The molecule has 0 saturated heterocycles. The first kappa shape index (κ1) is 23.3. The van der Waals surface area contributed by atoms with Crippen molar-refractivity contribution in [2.45, 2.75) is 0 Å². The van der Waals surface area contributed by atoms with Crippen LogP contribution in [-0.2, 0) is 0 Å². The molecular weight excluding hydrogens is 492 g/mol. The summed E-state index contributed by atoms with van der Waals surface area (Å²) in [5, 5.41) is 1.56. The van der Waals surface area contributed by atoms with E-state index >= 15 is 0 Å². The molecule has 0 aliphatic rings. The number of hydrogen-bond donors (Lipinski definition) is 0. The Morgan fingerprint density at radius 1 is 0.333 bits per heavy atom. The van der Waals surface area contributed by atoms with Crippen LogP contribution in [0.1, 0.15) is 0 Å². The minimum absolute atomic E-state index is 0.0976. The highest BCUT2D eigenvalue weighted by molar-refractivity contribution is 7.24. The van der Waals surface area contributed by atoms with Gasteiger partial charge in [-0.2, -0.15) is 0 Å². The molecule has 0 aliphatic carbocycles. The fourth-order valence-corrected chi connectivity index (χ4v) is 6.30. The number of benzene rings is 6. The molecule has 1 nitrogen and oxygen atoms in total. The third-order valence-corrected chi connectivity index (χ3v) is 8.40. The van der Waals surface area contributed by atoms with Gasteiger partial charge in [0.05, 0.1) is 0 Å². The minimum Gasteiger partial charge on any atom is -0.289 e. The Kier molecular flexibility index (Phi) is 5.88. The second-order valence-corrected chi connectivity index (χ2v) is 10.8. The highest BCUT2D eigenvalue weighted by Gasteiger charge is 2.11. The molecule has 39 heavy (non-hydrogen) atoms. The Labute approximate surface area is 231 Å². The molecule has 6 aromatic carbocycles. The standard InChI is InChI=1S/C37H24OS/c38-37-33-16-7-8-17-35(33)39-36-19-18-29(24-34(36)37)27-14-9-15-28(20-27)32-22-30(25-10-3-1-4-11-25)21-31(23-32)26-12-5-2-6-13-26/h1-24H. The van der Waals surface area contributed by atoms with Crippen LogP contribution in [0, 0.1) is 0 Å². The maximum Gasteiger partial charge on any atom is 0.195 e. The summed E-state index contributed by atoms with van der Waals surface area (Å²) in [6, 6.07) is 50.6. The second kappa shape index (κ2) is 9.83. The number of hydrogen-bond acceptors (Lipinski definition) is 2. The third-order valence-electron chi connectivity index (χ3n) is 7.25. The topological polar surface area (TPSA) is 17.1 Å². The van der Waals surface area contributed by atoms with Gasteiger partial charge in [-0.25, -0.2) is 0 Å². The van der Waals surface area contributed by atoms with Gasteiger partial charge in [0.25, 0.3) is 0 Å². The summed E-state index contributed by atoms with van der Waals surface area (Å²) in [6.07, 6.45) is 0. The van der Waals surface area contributed by atoms with Crippen molar-refractivity contribution in [1.82, 2.24) is 0 Å². The first-order valence-electron chi connectivity index (χ1n) is 13.1. The van der Waals surface area contributed by atoms with Gasteiger partial charge in [0.15, 0.2) is 5.43 Å². The average molecular weight is 517 g/mol. The molecule has 1 aromatic heterocycles. The Hall–Kier alpha value is -4.79. The number of rotatable bonds is 4. The van der Waals surface area contributed by atoms with E-state index < -0.39 is 0 Å². The molecule has 0 spiro atoms. The van der Waals surface area contributed by atoms with E-state index in [0.29, 0.717) is 0 Å². The lowest BCUT2D eigenvalue weighted by Gasteiger charge is -2.12. The lowest BCUT2D eigenvalue weighted by atomic mass is 9.92. The molecule has 0 bridgehead atoms. The second-order valence-electron chi connectivity index (χ2n) is 9.75. The Morgan fingerprint density at radius 3 is 1.46 bits per heavy atom. The fourth-order valence-electron chi connectivity index (χ4n) is 5.25. The van der Waals surface area contributed by atoms with Crippen molar-refractivity contribution in [3.63, 3.8) is 0 Å². The Balaban J connectivity index is 1.36. The smallest absolute Gasteiger partial charge is 0.195 e. The van der Waals surface area contributed by atoms with Crippen molar-refractivity contribution in [3.8, 4) is 44.5 Å². The van der Waals surface area contributed by atoms with Gasteiger partial charge in [0.1, 0.15) is 0 Å². The van der Waals surface area contributed by atoms with E-state index in [-0.39, 0.29) is 5.43 Å². The summed E-state index contributed by atoms with van der Waals surface area (Å²) in [7, 11) is 0. The van der Waals surface area contributed by atoms with Gasteiger partial charge < -0.3 is 0 Å². The lowest BCUT2D eigenvalue weighted by molar-refractivity contribution is 1.56. The largest absolute Gasteiger partial charge is 0.289 e. The SMILES string of the molecule is O=c1c2ccccc2sc2ccc(-c3cccc(-c4cc(-c5ccccc5)cc(-c5ccccc5)c4)c3)cc12. The van der Waals surface area contributed by atoms with E-state index in [2.05, 4.69) is 121 Å². The van der Waals surface area contributed by atoms with Crippen LogP contribution in [0.5, 0.6) is 0 Å². The highest BCUT2D eigenvalue weighted by atomic mass is 32.1. The molecular formula is C37H24OS. The van der Waals surface area contributed by atoms with E-state index in [0.717, 1.165) is 42.4 Å². The van der Waals surface area contributed by atoms with Crippen molar-refractivity contribution in [2.75, 3.05) is 0 Å². The van der Waals surface area contributed by atoms with Gasteiger partial charge in [-0.1, -0.05) is 97.1 Å². The predicted molar refractivity (Wildman–Crippen MR) is 167 cm³/mol. The van der Waals surface area contributed by atoms with Gasteiger partial charge in [0, 0.05) is 20.2 Å². The summed E-state index contributed by atoms with van der Waals surface area (Å²) in [4.78, 5) is 13.3. The number of fused-ring (bicyclic) bond motifs is 2. The molecule has 0 aliphatic heterocycles. The summed E-state index contributed by atoms with van der Waals surface area (Å²) in [5.74, 6) is 0. The van der Waals surface area contributed by atoms with Gasteiger partial charge in [-0.05, 0) is 93.0 Å². The van der Waals surface area contributed by atoms with E-state index in [4.69, 9.17) is 0 Å². The molecule has 0 N–H and O–H groups in total. The molecule has 7 rings (SSSR count). The lowest BCUT2D eigenvalue weighted by Crippen LogP contribution is -2.00. The van der Waals surface area contributed by atoms with E-state index in [1.165, 1.54) is 22.3 Å². The third kappa shape index (κ3) is 4.46. The Bertz CT molecular complexity index is 1960. The van der Waals surface area contributed by atoms with E-state index in [1.54, 1.807) is 11.3 Å². The molecule has 0 atom stereocenters. The summed E-state index contributed by atoms with van der Waals surface area (Å²) < 4.78 is 2.04. The zero-order valence-corrected chi connectivity index (χ0v) is 22.0. The van der Waals surface area contributed by atoms with Crippen LogP contribution in [0.2, 0.25) is 0 Å². The normalized spacial score (nSPS) is 11.2. The maximum absolute atomic E-state index is 13.3. The van der Waals surface area contributed by atoms with Crippen molar-refractivity contribution < 1.29 is 0 Å². The van der Waals surface area contributed by atoms with E-state index in [1.807, 2.05) is 24.3 Å². The average Bonchev–Trinajstić information content (AvgIpc) is 3.02. The first-order valence-corrected chi connectivity index (χ1v) is 13.9. The molecule has 0 fully saturated rings. The van der Waals surface area contributed by atoms with Crippen molar-refractivity contribution >= 4 is 31.5 Å². The van der Waals surface area contributed by atoms with Gasteiger partial charge in [-0.3, -0.25) is 4.79 Å². The maximum atomic E-state index is 13.3. The molecule has 7 aromatic rings. The summed E-state index contributed by atoms with van der Waals surface area (Å²) in [5.41, 5.74) is 9.31. The monoisotopic (exact) mass is 516 g/mol. The molecule has 1 heterocycles. The van der Waals surface area contributed by atoms with Crippen LogP contribution < -0.4 is 5.43 Å². The molecule has 0 unspecified atom stereocenters. The van der Waals surface area contributed by atoms with Crippen LogP contribution in [0.4, 0.5) is 0 Å². The summed E-state index contributed by atoms with van der Waals surface area (Å²) >= 11 is 1.67. The zero-order valence-electron chi connectivity index (χ0n) is 21.2. The van der Waals surface area contributed by atoms with Crippen LogP contribution in [0.3, 0.4) is 0 Å². The van der Waals surface area contributed by atoms with Crippen molar-refractivity contribution in [1.29, 1.82) is 0 Å². The fraction of sp³-hybridized carbons (Fsp3) is 0. The van der Waals surface area contributed by atoms with Crippen molar-refractivity contribution in [2.24, 2.45) is 0 Å². The van der Waals surface area contributed by atoms with Crippen LogP contribution in [0.25, 0.3) is 64.7 Å². The van der Waals surface area contributed by atoms with E-state index in [9.17, 15) is 4.79 Å². The minimum atomic E-state index is 0.0976. The summed E-state index contributed by atoms with van der Waals surface area (Å²) in [6.45, 7) is 0. The molecule has 0 saturated carbocycles.